The Labute approximate surface area is 291 Å². The van der Waals surface area contributed by atoms with Crippen LogP contribution in [0, 0.1) is 18.3 Å². The lowest BCUT2D eigenvalue weighted by Crippen LogP contribution is -2.47. The molecule has 6 rings (SSSR count). The highest BCUT2D eigenvalue weighted by atomic mass is 16.2. The lowest BCUT2D eigenvalue weighted by molar-refractivity contribution is 0.0719. The number of carbonyl (C=O) groups excluding carboxylic acids is 1. The van der Waals surface area contributed by atoms with E-state index in [0.717, 1.165) is 87.5 Å². The number of para-hydroxylation sites is 1. The Hall–Kier alpha value is -4.21. The molecule has 1 aliphatic carbocycles. The Kier molecular flexibility index (Phi) is 11.6. The average molecular weight is 663 g/mol. The first-order valence-electron chi connectivity index (χ1n) is 18.3. The van der Waals surface area contributed by atoms with Crippen molar-refractivity contribution in [2.75, 3.05) is 57.3 Å². The molecule has 2 heterocycles. The van der Waals surface area contributed by atoms with Gasteiger partial charge in [0.1, 0.15) is 11.7 Å². The van der Waals surface area contributed by atoms with Crippen LogP contribution in [0.1, 0.15) is 71.4 Å². The number of hydrogen-bond acceptors (Lipinski definition) is 6. The first-order valence-corrected chi connectivity index (χ1v) is 18.3. The van der Waals surface area contributed by atoms with Crippen LogP contribution in [-0.4, -0.2) is 83.5 Å². The van der Waals surface area contributed by atoms with E-state index in [9.17, 15) is 4.79 Å². The zero-order valence-corrected chi connectivity index (χ0v) is 29.2. The van der Waals surface area contributed by atoms with Crippen molar-refractivity contribution in [2.45, 2.75) is 64.8 Å². The Bertz CT molecular complexity index is 1700. The van der Waals surface area contributed by atoms with Crippen LogP contribution in [0.3, 0.4) is 0 Å². The fraction of sp³-hybridized carbons (Fsp3) is 0.475. The van der Waals surface area contributed by atoms with Gasteiger partial charge in [0.25, 0.3) is 5.91 Å². The van der Waals surface area contributed by atoms with Crippen LogP contribution >= 0.6 is 0 Å². The number of benzene rings is 3. The van der Waals surface area contributed by atoms with Crippen LogP contribution in [0.5, 0.6) is 0 Å². The normalized spacial score (nSPS) is 15.9. The number of nitrogens with zero attached hydrogens (tertiary/aromatic N) is 5. The molecule has 49 heavy (non-hydrogen) atoms. The van der Waals surface area contributed by atoms with Gasteiger partial charge < -0.3 is 25.8 Å². The van der Waals surface area contributed by atoms with E-state index in [0.29, 0.717) is 24.6 Å². The lowest BCUT2D eigenvalue weighted by Gasteiger charge is -2.36. The van der Waals surface area contributed by atoms with E-state index in [4.69, 9.17) is 21.9 Å². The van der Waals surface area contributed by atoms with E-state index < -0.39 is 0 Å². The highest BCUT2D eigenvalue weighted by Gasteiger charge is 2.23. The third-order valence-corrected chi connectivity index (χ3v) is 10.6. The lowest BCUT2D eigenvalue weighted by atomic mass is 9.89. The van der Waals surface area contributed by atoms with Gasteiger partial charge in [0.2, 0.25) is 0 Å². The molecule has 5 N–H and O–H groups in total. The number of hydrogen-bond donors (Lipinski definition) is 3. The zero-order chi connectivity index (χ0) is 34.2. The van der Waals surface area contributed by atoms with Crippen LogP contribution in [0.4, 0.5) is 5.69 Å². The number of rotatable bonds is 14. The SMILES string of the molecule is Cc1ccccc1N1CCN(CCCn2c(CCc3ccc(C(=N)N)cc3)nc3cc(C(=O)N(CCN)CC4CCCCC4)ccc32)CC1. The topological polar surface area (TPSA) is 120 Å². The van der Waals surface area contributed by atoms with Crippen LogP contribution in [0.25, 0.3) is 11.0 Å². The Morgan fingerprint density at radius 3 is 2.37 bits per heavy atom. The fourth-order valence-electron chi connectivity index (χ4n) is 7.74. The summed E-state index contributed by atoms with van der Waals surface area (Å²) >= 11 is 0. The number of fused-ring (bicyclic) bond motifs is 1. The van der Waals surface area contributed by atoms with Crippen LogP contribution in [0.2, 0.25) is 0 Å². The van der Waals surface area contributed by atoms with Gasteiger partial charge in [-0.05, 0) is 80.5 Å². The van der Waals surface area contributed by atoms with Crippen molar-refractivity contribution < 1.29 is 4.79 Å². The fourth-order valence-corrected chi connectivity index (χ4v) is 7.74. The summed E-state index contributed by atoms with van der Waals surface area (Å²) in [5, 5.41) is 7.72. The molecular formula is C40H54N8O. The second-order valence-electron chi connectivity index (χ2n) is 14.0. The number of amides is 1. The quantitative estimate of drug-likeness (QED) is 0.119. The monoisotopic (exact) mass is 662 g/mol. The molecule has 0 unspecified atom stereocenters. The average Bonchev–Trinajstić information content (AvgIpc) is 3.48. The molecule has 1 amide bonds. The summed E-state index contributed by atoms with van der Waals surface area (Å²) in [5.74, 6) is 1.75. The zero-order valence-electron chi connectivity index (χ0n) is 29.2. The van der Waals surface area contributed by atoms with Gasteiger partial charge in [0, 0.05) is 75.6 Å². The predicted molar refractivity (Wildman–Crippen MR) is 201 cm³/mol. The van der Waals surface area contributed by atoms with Gasteiger partial charge >= 0.3 is 0 Å². The molecule has 0 spiro atoms. The minimum atomic E-state index is 0.0597. The number of nitrogens with two attached hydrogens (primary N) is 2. The van der Waals surface area contributed by atoms with E-state index in [1.807, 2.05) is 29.2 Å². The molecule has 0 atom stereocenters. The van der Waals surface area contributed by atoms with E-state index in [-0.39, 0.29) is 11.7 Å². The number of carbonyl (C=O) groups is 1. The number of aromatic nitrogens is 2. The van der Waals surface area contributed by atoms with Crippen LogP contribution < -0.4 is 16.4 Å². The molecule has 1 saturated heterocycles. The minimum absolute atomic E-state index is 0.0597. The van der Waals surface area contributed by atoms with Crippen LogP contribution in [0.15, 0.2) is 66.7 Å². The number of nitrogens with one attached hydrogen (secondary N) is 1. The van der Waals surface area contributed by atoms with Crippen molar-refractivity contribution in [2.24, 2.45) is 17.4 Å². The second-order valence-corrected chi connectivity index (χ2v) is 14.0. The van der Waals surface area contributed by atoms with Crippen molar-refractivity contribution in [3.8, 4) is 0 Å². The summed E-state index contributed by atoms with van der Waals surface area (Å²) in [7, 11) is 0. The summed E-state index contributed by atoms with van der Waals surface area (Å²) in [5.41, 5.74) is 18.9. The summed E-state index contributed by atoms with van der Waals surface area (Å²) in [4.78, 5) is 26.0. The smallest absolute Gasteiger partial charge is 0.253 e. The molecule has 0 radical (unpaired) electrons. The molecule has 1 aliphatic heterocycles. The molecule has 2 fully saturated rings. The Balaban J connectivity index is 1.16. The van der Waals surface area contributed by atoms with Crippen molar-refractivity contribution in [1.29, 1.82) is 5.41 Å². The molecule has 9 nitrogen and oxygen atoms in total. The van der Waals surface area contributed by atoms with Crippen molar-refractivity contribution in [3.05, 3.63) is 94.8 Å². The third kappa shape index (κ3) is 8.69. The first-order chi connectivity index (χ1) is 23.9. The Morgan fingerprint density at radius 2 is 1.65 bits per heavy atom. The predicted octanol–water partition coefficient (Wildman–Crippen LogP) is 5.61. The summed E-state index contributed by atoms with van der Waals surface area (Å²) in [6.45, 7) is 10.2. The van der Waals surface area contributed by atoms with Gasteiger partial charge in [-0.25, -0.2) is 4.98 Å². The number of anilines is 1. The maximum Gasteiger partial charge on any atom is 0.253 e. The number of aryl methyl sites for hydroxylation is 4. The molecular weight excluding hydrogens is 608 g/mol. The molecule has 3 aromatic carbocycles. The van der Waals surface area contributed by atoms with Crippen molar-refractivity contribution >= 4 is 28.5 Å². The summed E-state index contributed by atoms with van der Waals surface area (Å²) < 4.78 is 2.37. The number of amidine groups is 1. The van der Waals surface area contributed by atoms with Gasteiger partial charge in [-0.15, -0.1) is 0 Å². The summed E-state index contributed by atoms with van der Waals surface area (Å²) in [6, 6.07) is 22.7. The standard InChI is InChI=1S/C40H54N8O/c1-30-8-5-6-11-36(30)46-26-24-45(25-27-46)21-7-22-48-37-18-17-34(40(49)47(23-20-41)29-32-9-3-2-4-10-32)28-35(37)44-38(48)19-14-31-12-15-33(16-13-31)39(42)43/h5-6,8,11-13,15-18,28,32H,2-4,7,9-10,14,19-27,29,41H2,1H3,(H3,42,43). The maximum atomic E-state index is 13.8. The molecule has 2 aliphatic rings. The summed E-state index contributed by atoms with van der Waals surface area (Å²) in [6.07, 6.45) is 8.85. The number of piperazine rings is 1. The molecule has 4 aromatic rings. The van der Waals surface area contributed by atoms with E-state index in [2.05, 4.69) is 63.8 Å². The van der Waals surface area contributed by atoms with Gasteiger partial charge in [-0.1, -0.05) is 61.7 Å². The molecule has 1 saturated carbocycles. The Morgan fingerprint density at radius 1 is 0.918 bits per heavy atom. The van der Waals surface area contributed by atoms with Crippen LogP contribution in [-0.2, 0) is 19.4 Å². The first kappa shape index (κ1) is 34.6. The second kappa shape index (κ2) is 16.5. The number of imidazole rings is 1. The van der Waals surface area contributed by atoms with Gasteiger partial charge in [-0.3, -0.25) is 15.1 Å². The minimum Gasteiger partial charge on any atom is -0.384 e. The van der Waals surface area contributed by atoms with Gasteiger partial charge in [-0.2, -0.15) is 0 Å². The van der Waals surface area contributed by atoms with Crippen molar-refractivity contribution in [1.82, 2.24) is 19.4 Å². The highest BCUT2D eigenvalue weighted by molar-refractivity contribution is 5.97. The molecule has 0 bridgehead atoms. The van der Waals surface area contributed by atoms with Gasteiger partial charge in [0.15, 0.2) is 0 Å². The van der Waals surface area contributed by atoms with Gasteiger partial charge in [0.05, 0.1) is 11.0 Å². The van der Waals surface area contributed by atoms with Crippen molar-refractivity contribution in [3.63, 3.8) is 0 Å². The molecule has 1 aromatic heterocycles. The third-order valence-electron chi connectivity index (χ3n) is 10.6. The van der Waals surface area contributed by atoms with E-state index in [1.165, 1.54) is 48.9 Å². The molecule has 9 heteroatoms. The largest absolute Gasteiger partial charge is 0.384 e. The highest BCUT2D eigenvalue weighted by Crippen LogP contribution is 2.26. The van der Waals surface area contributed by atoms with E-state index >= 15 is 0 Å². The van der Waals surface area contributed by atoms with E-state index in [1.54, 1.807) is 0 Å². The maximum absolute atomic E-state index is 13.8. The number of nitrogen functional groups attached to an aromatic ring is 1. The molecule has 260 valence electrons.